The van der Waals surface area contributed by atoms with Gasteiger partial charge in [0.15, 0.2) is 0 Å². The van der Waals surface area contributed by atoms with Gasteiger partial charge in [-0.05, 0) is 31.5 Å². The van der Waals surface area contributed by atoms with E-state index in [4.69, 9.17) is 0 Å². The molecule has 3 atom stereocenters. The second-order valence-electron chi connectivity index (χ2n) is 7.80. The fourth-order valence-corrected chi connectivity index (χ4v) is 5.94. The van der Waals surface area contributed by atoms with Crippen LogP contribution < -0.4 is 5.32 Å². The van der Waals surface area contributed by atoms with E-state index in [1.807, 2.05) is 49.5 Å². The number of hydrogen-bond acceptors (Lipinski definition) is 3. The number of carbonyl (C=O) groups is 2. The molecule has 2 spiro atoms. The van der Waals surface area contributed by atoms with Crippen molar-refractivity contribution in [2.75, 3.05) is 18.9 Å². The van der Waals surface area contributed by atoms with Gasteiger partial charge in [0, 0.05) is 30.1 Å². The normalized spacial score (nSPS) is 33.2. The summed E-state index contributed by atoms with van der Waals surface area (Å²) < 4.78 is 0. The highest BCUT2D eigenvalue weighted by molar-refractivity contribution is 6.11. The monoisotopic (exact) mass is 346 g/mol. The van der Waals surface area contributed by atoms with Crippen molar-refractivity contribution in [3.63, 3.8) is 0 Å². The van der Waals surface area contributed by atoms with E-state index in [2.05, 4.69) is 22.3 Å². The molecule has 2 aromatic carbocycles. The minimum Gasteiger partial charge on any atom is -0.324 e. The lowest BCUT2D eigenvalue weighted by molar-refractivity contribution is -0.142. The zero-order valence-corrected chi connectivity index (χ0v) is 14.9. The molecule has 1 saturated heterocycles. The fourth-order valence-electron chi connectivity index (χ4n) is 5.94. The number of ketones is 1. The summed E-state index contributed by atoms with van der Waals surface area (Å²) in [7, 11) is 2.00. The van der Waals surface area contributed by atoms with E-state index in [1.54, 1.807) is 0 Å². The topological polar surface area (TPSA) is 49.4 Å². The third kappa shape index (κ3) is 1.64. The summed E-state index contributed by atoms with van der Waals surface area (Å²) in [4.78, 5) is 29.0. The third-order valence-electron chi connectivity index (χ3n) is 6.84. The molecule has 3 aliphatic rings. The van der Waals surface area contributed by atoms with E-state index in [-0.39, 0.29) is 17.6 Å². The van der Waals surface area contributed by atoms with Gasteiger partial charge in [-0.2, -0.15) is 0 Å². The Morgan fingerprint density at radius 1 is 1.04 bits per heavy atom. The molecule has 1 amide bonds. The predicted molar refractivity (Wildman–Crippen MR) is 99.9 cm³/mol. The first-order valence-corrected chi connectivity index (χ1v) is 9.33. The minimum absolute atomic E-state index is 0.0283. The summed E-state index contributed by atoms with van der Waals surface area (Å²) in [6, 6.07) is 18.1. The number of likely N-dealkylation sites (tertiary alicyclic amines) is 1. The highest BCUT2D eigenvalue weighted by Crippen LogP contribution is 2.66. The second kappa shape index (κ2) is 5.27. The van der Waals surface area contributed by atoms with Gasteiger partial charge in [-0.1, -0.05) is 48.5 Å². The lowest BCUT2D eigenvalue weighted by Gasteiger charge is -2.43. The SMILES string of the molecule is CN1C[C@@H](c2ccccc2)[C@@]2(CCCC2=O)[C@@]12C(=O)Nc1ccccc12. The largest absolute Gasteiger partial charge is 0.324 e. The molecule has 2 aromatic rings. The van der Waals surface area contributed by atoms with Crippen LogP contribution in [-0.4, -0.2) is 30.2 Å². The van der Waals surface area contributed by atoms with Crippen molar-refractivity contribution in [3.05, 3.63) is 65.7 Å². The number of Topliss-reactive ketones (excluding diaryl/α,β-unsaturated/α-hetero) is 1. The van der Waals surface area contributed by atoms with Gasteiger partial charge in [0.05, 0.1) is 5.41 Å². The Morgan fingerprint density at radius 2 is 1.77 bits per heavy atom. The van der Waals surface area contributed by atoms with Gasteiger partial charge in [0.2, 0.25) is 0 Å². The summed E-state index contributed by atoms with van der Waals surface area (Å²) in [5.74, 6) is 0.220. The molecule has 26 heavy (non-hydrogen) atoms. The maximum atomic E-state index is 13.4. The van der Waals surface area contributed by atoms with Crippen LogP contribution in [0.1, 0.15) is 36.3 Å². The number of carbonyl (C=O) groups excluding carboxylic acids is 2. The minimum atomic E-state index is -0.905. The standard InChI is InChI=1S/C22H22N2O2/c1-24-14-17(15-8-3-2-4-9-15)21(13-7-12-19(21)25)22(24)16-10-5-6-11-18(16)23-20(22)26/h2-6,8-11,17H,7,12-14H2,1H3,(H,23,26)/t17-,21+,22+/m0/s1. The Labute approximate surface area is 153 Å². The van der Waals surface area contributed by atoms with Gasteiger partial charge >= 0.3 is 0 Å². The lowest BCUT2D eigenvalue weighted by Crippen LogP contribution is -2.57. The van der Waals surface area contributed by atoms with Crippen molar-refractivity contribution in [3.8, 4) is 0 Å². The van der Waals surface area contributed by atoms with E-state index in [1.165, 1.54) is 0 Å². The number of para-hydroxylation sites is 1. The Morgan fingerprint density at radius 3 is 2.50 bits per heavy atom. The number of likely N-dealkylation sites (N-methyl/N-ethyl adjacent to an activating group) is 1. The molecular weight excluding hydrogens is 324 g/mol. The van der Waals surface area contributed by atoms with Crippen LogP contribution in [0, 0.1) is 5.41 Å². The molecule has 2 aliphatic heterocycles. The summed E-state index contributed by atoms with van der Waals surface area (Å²) in [6.07, 6.45) is 2.18. The Kier molecular flexibility index (Phi) is 3.20. The Hall–Kier alpha value is -2.46. The van der Waals surface area contributed by atoms with Crippen molar-refractivity contribution in [1.82, 2.24) is 4.90 Å². The lowest BCUT2D eigenvalue weighted by atomic mass is 9.59. The van der Waals surface area contributed by atoms with Crippen LogP contribution >= 0.6 is 0 Å². The van der Waals surface area contributed by atoms with E-state index < -0.39 is 11.0 Å². The highest BCUT2D eigenvalue weighted by Gasteiger charge is 2.73. The molecule has 132 valence electrons. The first-order valence-electron chi connectivity index (χ1n) is 9.33. The number of rotatable bonds is 1. The number of benzene rings is 2. The maximum absolute atomic E-state index is 13.4. The molecule has 0 bridgehead atoms. The first kappa shape index (κ1) is 15.8. The van der Waals surface area contributed by atoms with Crippen LogP contribution in [0.15, 0.2) is 54.6 Å². The van der Waals surface area contributed by atoms with Crippen molar-refractivity contribution in [2.24, 2.45) is 5.41 Å². The number of hydrogen-bond donors (Lipinski definition) is 1. The second-order valence-corrected chi connectivity index (χ2v) is 7.80. The van der Waals surface area contributed by atoms with Gasteiger partial charge in [-0.25, -0.2) is 0 Å². The molecule has 1 N–H and O–H groups in total. The molecule has 4 nitrogen and oxygen atoms in total. The van der Waals surface area contributed by atoms with Crippen molar-refractivity contribution in [2.45, 2.75) is 30.7 Å². The molecule has 2 fully saturated rings. The molecule has 0 unspecified atom stereocenters. The van der Waals surface area contributed by atoms with Crippen LogP contribution in [-0.2, 0) is 15.1 Å². The molecular formula is C22H22N2O2. The van der Waals surface area contributed by atoms with Gasteiger partial charge in [0.25, 0.3) is 5.91 Å². The van der Waals surface area contributed by atoms with Crippen LogP contribution in [0.2, 0.25) is 0 Å². The summed E-state index contributed by atoms with van der Waals surface area (Å²) >= 11 is 0. The Bertz CT molecular complexity index is 909. The quantitative estimate of drug-likeness (QED) is 0.862. The maximum Gasteiger partial charge on any atom is 0.250 e. The van der Waals surface area contributed by atoms with E-state index >= 15 is 0 Å². The number of nitrogens with one attached hydrogen (secondary N) is 1. The molecule has 0 aromatic heterocycles. The first-order chi connectivity index (χ1) is 12.6. The average Bonchev–Trinajstić information content (AvgIpc) is 3.27. The molecule has 1 aliphatic carbocycles. The van der Waals surface area contributed by atoms with E-state index in [9.17, 15) is 9.59 Å². The van der Waals surface area contributed by atoms with E-state index in [0.29, 0.717) is 13.0 Å². The zero-order valence-electron chi connectivity index (χ0n) is 14.9. The third-order valence-corrected chi connectivity index (χ3v) is 6.84. The van der Waals surface area contributed by atoms with Crippen LogP contribution in [0.25, 0.3) is 0 Å². The van der Waals surface area contributed by atoms with Crippen LogP contribution in [0.4, 0.5) is 5.69 Å². The van der Waals surface area contributed by atoms with Crippen molar-refractivity contribution >= 4 is 17.4 Å². The number of amides is 1. The van der Waals surface area contributed by atoms with E-state index in [0.717, 1.165) is 29.7 Å². The van der Waals surface area contributed by atoms with Crippen LogP contribution in [0.3, 0.4) is 0 Å². The smallest absolute Gasteiger partial charge is 0.250 e. The van der Waals surface area contributed by atoms with Gasteiger partial charge < -0.3 is 5.32 Å². The van der Waals surface area contributed by atoms with Crippen molar-refractivity contribution in [1.29, 1.82) is 0 Å². The van der Waals surface area contributed by atoms with Gasteiger partial charge in [-0.3, -0.25) is 14.5 Å². The number of nitrogens with zero attached hydrogens (tertiary/aromatic N) is 1. The number of fused-ring (bicyclic) bond motifs is 3. The molecule has 0 radical (unpaired) electrons. The molecule has 4 heteroatoms. The summed E-state index contributed by atoms with van der Waals surface area (Å²) in [5, 5.41) is 3.07. The highest BCUT2D eigenvalue weighted by atomic mass is 16.2. The summed E-state index contributed by atoms with van der Waals surface area (Å²) in [6.45, 7) is 0.706. The van der Waals surface area contributed by atoms with Gasteiger partial charge in [0.1, 0.15) is 11.3 Å². The van der Waals surface area contributed by atoms with Gasteiger partial charge in [-0.15, -0.1) is 0 Å². The molecule has 5 rings (SSSR count). The molecule has 2 heterocycles. The zero-order chi connectivity index (χ0) is 17.9. The molecule has 1 saturated carbocycles. The predicted octanol–water partition coefficient (Wildman–Crippen LogP) is 3.30. The summed E-state index contributed by atoms with van der Waals surface area (Å²) in [5.41, 5.74) is 1.36. The van der Waals surface area contributed by atoms with Crippen LogP contribution in [0.5, 0.6) is 0 Å². The number of anilines is 1. The van der Waals surface area contributed by atoms with Crippen molar-refractivity contribution < 1.29 is 9.59 Å². The average molecular weight is 346 g/mol. The fraction of sp³-hybridized carbons (Fsp3) is 0.364. The Balaban J connectivity index is 1.81.